The Kier molecular flexibility index (Phi) is 4.14. The predicted molar refractivity (Wildman–Crippen MR) is 78.3 cm³/mol. The third kappa shape index (κ3) is 3.57. The highest BCUT2D eigenvalue weighted by molar-refractivity contribution is 6.32. The molecule has 0 radical (unpaired) electrons. The molecule has 5 heteroatoms. The molecule has 1 N–H and O–H groups in total. The summed E-state index contributed by atoms with van der Waals surface area (Å²) in [5, 5.41) is 9.78. The molecule has 1 heterocycles. The summed E-state index contributed by atoms with van der Waals surface area (Å²) in [6.45, 7) is 6.88. The number of hydrogen-bond acceptors (Lipinski definition) is 3. The Bertz CT molecular complexity index is 510. The molecular formula is C15H20ClNO3. The molecule has 1 saturated heterocycles. The number of phenols is 1. The molecular weight excluding hydrogens is 278 g/mol. The van der Waals surface area contributed by atoms with Crippen molar-refractivity contribution in [3.63, 3.8) is 0 Å². The van der Waals surface area contributed by atoms with Crippen LogP contribution in [0.15, 0.2) is 18.2 Å². The molecule has 2 rings (SSSR count). The lowest BCUT2D eigenvalue weighted by atomic mass is 9.98. The van der Waals surface area contributed by atoms with Crippen molar-refractivity contribution in [1.29, 1.82) is 0 Å². The SMILES string of the molecule is CC(C)(C)OC(=O)N1CCC(c2ccc(O)c(Cl)c2)C1. The highest BCUT2D eigenvalue weighted by Crippen LogP contribution is 2.32. The molecule has 1 fully saturated rings. The van der Waals surface area contributed by atoms with Gasteiger partial charge in [-0.3, -0.25) is 0 Å². The minimum absolute atomic E-state index is 0.0809. The highest BCUT2D eigenvalue weighted by atomic mass is 35.5. The first-order valence-corrected chi connectivity index (χ1v) is 7.10. The second kappa shape index (κ2) is 5.52. The third-order valence-electron chi connectivity index (χ3n) is 3.28. The molecule has 20 heavy (non-hydrogen) atoms. The average Bonchev–Trinajstić information content (AvgIpc) is 2.80. The lowest BCUT2D eigenvalue weighted by Crippen LogP contribution is -2.35. The minimum atomic E-state index is -0.475. The van der Waals surface area contributed by atoms with Crippen LogP contribution >= 0.6 is 11.6 Å². The molecule has 110 valence electrons. The number of phenolic OH excluding ortho intramolecular Hbond substituents is 1. The van der Waals surface area contributed by atoms with Crippen molar-refractivity contribution < 1.29 is 14.6 Å². The quantitative estimate of drug-likeness (QED) is 0.858. The van der Waals surface area contributed by atoms with Crippen LogP contribution in [0, 0.1) is 0 Å². The summed E-state index contributed by atoms with van der Waals surface area (Å²) in [6, 6.07) is 5.21. The first-order chi connectivity index (χ1) is 9.26. The monoisotopic (exact) mass is 297 g/mol. The molecule has 1 unspecified atom stereocenters. The van der Waals surface area contributed by atoms with E-state index in [0.29, 0.717) is 18.1 Å². The Morgan fingerprint density at radius 1 is 1.45 bits per heavy atom. The van der Waals surface area contributed by atoms with E-state index in [1.54, 1.807) is 17.0 Å². The average molecular weight is 298 g/mol. The van der Waals surface area contributed by atoms with Crippen molar-refractivity contribution >= 4 is 17.7 Å². The van der Waals surface area contributed by atoms with Crippen LogP contribution in [-0.2, 0) is 4.74 Å². The van der Waals surface area contributed by atoms with Crippen molar-refractivity contribution in [2.24, 2.45) is 0 Å². The van der Waals surface area contributed by atoms with Gasteiger partial charge in [-0.05, 0) is 44.9 Å². The standard InChI is InChI=1S/C15H20ClNO3/c1-15(2,3)20-14(19)17-7-6-11(9-17)10-4-5-13(18)12(16)8-10/h4-5,8,11,18H,6-7,9H2,1-3H3. The van der Waals surface area contributed by atoms with Gasteiger partial charge in [-0.25, -0.2) is 4.79 Å². The lowest BCUT2D eigenvalue weighted by molar-refractivity contribution is 0.0292. The number of carbonyl (C=O) groups is 1. The van der Waals surface area contributed by atoms with Gasteiger partial charge in [0.15, 0.2) is 0 Å². The van der Waals surface area contributed by atoms with Crippen LogP contribution in [0.3, 0.4) is 0 Å². The number of nitrogens with zero attached hydrogens (tertiary/aromatic N) is 1. The maximum atomic E-state index is 12.0. The molecule has 0 aromatic heterocycles. The molecule has 0 spiro atoms. The van der Waals surface area contributed by atoms with Gasteiger partial charge in [-0.1, -0.05) is 17.7 Å². The summed E-state index contributed by atoms with van der Waals surface area (Å²) in [5.74, 6) is 0.318. The predicted octanol–water partition coefficient (Wildman–Crippen LogP) is 3.77. The Morgan fingerprint density at radius 3 is 2.75 bits per heavy atom. The van der Waals surface area contributed by atoms with Crippen LogP contribution in [-0.4, -0.2) is 34.8 Å². The van der Waals surface area contributed by atoms with Crippen molar-refractivity contribution in [3.05, 3.63) is 28.8 Å². The molecule has 1 amide bonds. The molecule has 0 bridgehead atoms. The molecule has 1 aliphatic rings. The molecule has 1 aromatic rings. The number of amides is 1. The Labute approximate surface area is 124 Å². The second-order valence-electron chi connectivity index (χ2n) is 6.12. The van der Waals surface area contributed by atoms with Gasteiger partial charge < -0.3 is 14.7 Å². The fourth-order valence-electron chi connectivity index (χ4n) is 2.30. The first-order valence-electron chi connectivity index (χ1n) is 6.72. The van der Waals surface area contributed by atoms with E-state index in [-0.39, 0.29) is 17.8 Å². The van der Waals surface area contributed by atoms with E-state index in [1.807, 2.05) is 26.8 Å². The van der Waals surface area contributed by atoms with E-state index in [0.717, 1.165) is 12.0 Å². The minimum Gasteiger partial charge on any atom is -0.506 e. The zero-order valence-corrected chi connectivity index (χ0v) is 12.8. The molecule has 0 aliphatic carbocycles. The number of halogens is 1. The maximum absolute atomic E-state index is 12.0. The number of hydrogen-bond donors (Lipinski definition) is 1. The smallest absolute Gasteiger partial charge is 0.410 e. The maximum Gasteiger partial charge on any atom is 0.410 e. The topological polar surface area (TPSA) is 49.8 Å². The fraction of sp³-hybridized carbons (Fsp3) is 0.533. The van der Waals surface area contributed by atoms with Crippen LogP contribution in [0.25, 0.3) is 0 Å². The van der Waals surface area contributed by atoms with E-state index in [4.69, 9.17) is 16.3 Å². The number of ether oxygens (including phenoxy) is 1. The van der Waals surface area contributed by atoms with Crippen LogP contribution in [0.5, 0.6) is 5.75 Å². The summed E-state index contributed by atoms with van der Waals surface area (Å²) in [7, 11) is 0. The van der Waals surface area contributed by atoms with Crippen molar-refractivity contribution in [2.45, 2.75) is 38.7 Å². The molecule has 1 atom stereocenters. The van der Waals surface area contributed by atoms with Gasteiger partial charge in [0.1, 0.15) is 11.4 Å². The van der Waals surface area contributed by atoms with Gasteiger partial charge in [0.25, 0.3) is 0 Å². The summed E-state index contributed by atoms with van der Waals surface area (Å²) < 4.78 is 5.37. The van der Waals surface area contributed by atoms with E-state index < -0.39 is 5.60 Å². The van der Waals surface area contributed by atoms with Crippen LogP contribution in [0.1, 0.15) is 38.7 Å². The number of likely N-dealkylation sites (tertiary alicyclic amines) is 1. The van der Waals surface area contributed by atoms with E-state index in [2.05, 4.69) is 0 Å². The molecule has 1 aliphatic heterocycles. The van der Waals surface area contributed by atoms with Crippen molar-refractivity contribution in [1.82, 2.24) is 4.90 Å². The Balaban J connectivity index is 2.01. The number of benzene rings is 1. The molecule has 0 saturated carbocycles. The summed E-state index contributed by atoms with van der Waals surface area (Å²) in [5.41, 5.74) is 0.565. The third-order valence-corrected chi connectivity index (χ3v) is 3.59. The number of aromatic hydroxyl groups is 1. The number of carbonyl (C=O) groups excluding carboxylic acids is 1. The van der Waals surface area contributed by atoms with E-state index in [1.165, 1.54) is 0 Å². The van der Waals surface area contributed by atoms with Gasteiger partial charge in [-0.2, -0.15) is 0 Å². The van der Waals surface area contributed by atoms with Gasteiger partial charge in [0.05, 0.1) is 5.02 Å². The Hall–Kier alpha value is -1.42. The largest absolute Gasteiger partial charge is 0.506 e. The van der Waals surface area contributed by atoms with Crippen molar-refractivity contribution in [3.8, 4) is 5.75 Å². The Morgan fingerprint density at radius 2 is 2.15 bits per heavy atom. The zero-order valence-electron chi connectivity index (χ0n) is 12.0. The van der Waals surface area contributed by atoms with Gasteiger partial charge in [0, 0.05) is 19.0 Å². The van der Waals surface area contributed by atoms with Crippen LogP contribution in [0.4, 0.5) is 4.79 Å². The fourth-order valence-corrected chi connectivity index (χ4v) is 2.49. The summed E-state index contributed by atoms with van der Waals surface area (Å²) >= 11 is 5.92. The summed E-state index contributed by atoms with van der Waals surface area (Å²) in [6.07, 6.45) is 0.602. The van der Waals surface area contributed by atoms with E-state index in [9.17, 15) is 9.90 Å². The van der Waals surface area contributed by atoms with Gasteiger partial charge >= 0.3 is 6.09 Å². The van der Waals surface area contributed by atoms with Gasteiger partial charge in [0.2, 0.25) is 0 Å². The lowest BCUT2D eigenvalue weighted by Gasteiger charge is -2.24. The van der Waals surface area contributed by atoms with Crippen LogP contribution < -0.4 is 0 Å². The van der Waals surface area contributed by atoms with Crippen molar-refractivity contribution in [2.75, 3.05) is 13.1 Å². The molecule has 1 aromatic carbocycles. The molecule has 4 nitrogen and oxygen atoms in total. The highest BCUT2D eigenvalue weighted by Gasteiger charge is 2.30. The normalized spacial score (nSPS) is 19.2. The first kappa shape index (κ1) is 15.0. The summed E-state index contributed by atoms with van der Waals surface area (Å²) in [4.78, 5) is 13.7. The van der Waals surface area contributed by atoms with Gasteiger partial charge in [-0.15, -0.1) is 0 Å². The second-order valence-corrected chi connectivity index (χ2v) is 6.53. The number of rotatable bonds is 1. The van der Waals surface area contributed by atoms with Crippen LogP contribution in [0.2, 0.25) is 5.02 Å². The van der Waals surface area contributed by atoms with E-state index >= 15 is 0 Å². The zero-order chi connectivity index (χ0) is 14.9.